The van der Waals surface area contributed by atoms with Crippen LogP contribution in [-0.4, -0.2) is 43.0 Å². The third-order valence-corrected chi connectivity index (χ3v) is 3.89. The highest BCUT2D eigenvalue weighted by atomic mass is 15.2. The lowest BCUT2D eigenvalue weighted by atomic mass is 10.1. The van der Waals surface area contributed by atoms with E-state index in [1.807, 2.05) is 6.08 Å². The molecule has 0 amide bonds. The summed E-state index contributed by atoms with van der Waals surface area (Å²) in [4.78, 5) is 5.01. The SMILES string of the molecule is C=Cc1cccc(CN(C)CCN2CCCCC2)c1. The molecule has 1 heterocycles. The van der Waals surface area contributed by atoms with Gasteiger partial charge in [-0.05, 0) is 44.1 Å². The maximum Gasteiger partial charge on any atom is 0.0231 e. The van der Waals surface area contributed by atoms with Crippen LogP contribution >= 0.6 is 0 Å². The lowest BCUT2D eigenvalue weighted by molar-refractivity contribution is 0.194. The average Bonchev–Trinajstić information content (AvgIpc) is 2.46. The molecule has 0 spiro atoms. The van der Waals surface area contributed by atoms with E-state index in [1.165, 1.54) is 50.0 Å². The largest absolute Gasteiger partial charge is 0.302 e. The van der Waals surface area contributed by atoms with Gasteiger partial charge < -0.3 is 9.80 Å². The van der Waals surface area contributed by atoms with Gasteiger partial charge in [0.05, 0.1) is 0 Å². The third kappa shape index (κ3) is 4.81. The van der Waals surface area contributed by atoms with E-state index in [1.54, 1.807) is 0 Å². The van der Waals surface area contributed by atoms with Crippen molar-refractivity contribution < 1.29 is 0 Å². The summed E-state index contributed by atoms with van der Waals surface area (Å²) in [5.41, 5.74) is 2.58. The van der Waals surface area contributed by atoms with Crippen molar-refractivity contribution in [1.29, 1.82) is 0 Å². The van der Waals surface area contributed by atoms with Crippen molar-refractivity contribution in [2.24, 2.45) is 0 Å². The molecule has 0 saturated carbocycles. The maximum atomic E-state index is 3.83. The van der Waals surface area contributed by atoms with E-state index in [0.717, 1.165) is 13.1 Å². The molecule has 1 aromatic carbocycles. The first-order chi connectivity index (χ1) is 9.28. The molecule has 0 aliphatic carbocycles. The Morgan fingerprint density at radius 3 is 2.79 bits per heavy atom. The van der Waals surface area contributed by atoms with Gasteiger partial charge in [0.15, 0.2) is 0 Å². The van der Waals surface area contributed by atoms with Crippen LogP contribution in [0.4, 0.5) is 0 Å². The Kier molecular flexibility index (Phi) is 5.62. The Hall–Kier alpha value is -1.12. The standard InChI is InChI=1S/C17H26N2/c1-3-16-8-7-9-17(14-16)15-18(2)12-13-19-10-5-4-6-11-19/h3,7-9,14H,1,4-6,10-13,15H2,2H3. The molecule has 0 unspecified atom stereocenters. The zero-order valence-electron chi connectivity index (χ0n) is 12.1. The normalized spacial score (nSPS) is 16.7. The van der Waals surface area contributed by atoms with Crippen LogP contribution in [0, 0.1) is 0 Å². The Balaban J connectivity index is 1.76. The van der Waals surface area contributed by atoms with Gasteiger partial charge in [0.2, 0.25) is 0 Å². The predicted octanol–water partition coefficient (Wildman–Crippen LogP) is 3.25. The molecule has 0 radical (unpaired) electrons. The Labute approximate surface area is 117 Å². The number of likely N-dealkylation sites (tertiary alicyclic amines) is 1. The molecular formula is C17H26N2. The molecule has 2 rings (SSSR count). The van der Waals surface area contributed by atoms with E-state index in [2.05, 4.69) is 47.7 Å². The molecular weight excluding hydrogens is 232 g/mol. The molecule has 19 heavy (non-hydrogen) atoms. The molecule has 1 saturated heterocycles. The van der Waals surface area contributed by atoms with Gasteiger partial charge in [0, 0.05) is 19.6 Å². The minimum atomic E-state index is 1.02. The number of piperidine rings is 1. The number of hydrogen-bond acceptors (Lipinski definition) is 2. The van der Waals surface area contributed by atoms with Crippen molar-refractivity contribution in [2.45, 2.75) is 25.8 Å². The van der Waals surface area contributed by atoms with E-state index in [0.29, 0.717) is 0 Å². The smallest absolute Gasteiger partial charge is 0.0231 e. The van der Waals surface area contributed by atoms with E-state index in [4.69, 9.17) is 0 Å². The summed E-state index contributed by atoms with van der Waals surface area (Å²) < 4.78 is 0. The Morgan fingerprint density at radius 1 is 1.26 bits per heavy atom. The first-order valence-corrected chi connectivity index (χ1v) is 7.40. The molecule has 1 aliphatic heterocycles. The summed E-state index contributed by atoms with van der Waals surface area (Å²) in [6, 6.07) is 8.64. The van der Waals surface area contributed by atoms with Crippen LogP contribution in [0.2, 0.25) is 0 Å². The van der Waals surface area contributed by atoms with Gasteiger partial charge in [-0.1, -0.05) is 43.3 Å². The molecule has 0 aromatic heterocycles. The first-order valence-electron chi connectivity index (χ1n) is 7.40. The fourth-order valence-corrected chi connectivity index (χ4v) is 2.70. The van der Waals surface area contributed by atoms with Gasteiger partial charge in [0.1, 0.15) is 0 Å². The van der Waals surface area contributed by atoms with Crippen molar-refractivity contribution in [2.75, 3.05) is 33.2 Å². The zero-order chi connectivity index (χ0) is 13.5. The topological polar surface area (TPSA) is 6.48 Å². The van der Waals surface area contributed by atoms with E-state index in [9.17, 15) is 0 Å². The summed E-state index contributed by atoms with van der Waals surface area (Å²) in [6.45, 7) is 9.79. The van der Waals surface area contributed by atoms with Crippen LogP contribution < -0.4 is 0 Å². The summed E-state index contributed by atoms with van der Waals surface area (Å²) in [7, 11) is 2.21. The Bertz CT molecular complexity index is 394. The number of likely N-dealkylation sites (N-methyl/N-ethyl adjacent to an activating group) is 1. The summed E-state index contributed by atoms with van der Waals surface area (Å²) in [6.07, 6.45) is 6.09. The predicted molar refractivity (Wildman–Crippen MR) is 83.2 cm³/mol. The van der Waals surface area contributed by atoms with Gasteiger partial charge in [-0.25, -0.2) is 0 Å². The molecule has 104 valence electrons. The second-order valence-electron chi connectivity index (χ2n) is 5.59. The number of benzene rings is 1. The van der Waals surface area contributed by atoms with Crippen LogP contribution in [0.5, 0.6) is 0 Å². The van der Waals surface area contributed by atoms with E-state index < -0.39 is 0 Å². The first kappa shape index (κ1) is 14.3. The molecule has 0 bridgehead atoms. The van der Waals surface area contributed by atoms with Gasteiger partial charge in [-0.2, -0.15) is 0 Å². The summed E-state index contributed by atoms with van der Waals surface area (Å²) in [5.74, 6) is 0. The molecule has 0 N–H and O–H groups in total. The van der Waals surface area contributed by atoms with Crippen molar-refractivity contribution >= 4 is 6.08 Å². The lowest BCUT2D eigenvalue weighted by Crippen LogP contribution is -2.36. The third-order valence-electron chi connectivity index (χ3n) is 3.89. The molecule has 2 nitrogen and oxygen atoms in total. The molecule has 2 heteroatoms. The second kappa shape index (κ2) is 7.46. The van der Waals surface area contributed by atoms with E-state index in [-0.39, 0.29) is 0 Å². The second-order valence-corrected chi connectivity index (χ2v) is 5.59. The summed E-state index contributed by atoms with van der Waals surface area (Å²) in [5, 5.41) is 0. The maximum absolute atomic E-state index is 3.83. The highest BCUT2D eigenvalue weighted by Gasteiger charge is 2.10. The molecule has 1 aliphatic rings. The van der Waals surface area contributed by atoms with Gasteiger partial charge in [0.25, 0.3) is 0 Å². The number of hydrogen-bond donors (Lipinski definition) is 0. The highest BCUT2D eigenvalue weighted by molar-refractivity contribution is 5.47. The van der Waals surface area contributed by atoms with Crippen molar-refractivity contribution in [3.8, 4) is 0 Å². The fraction of sp³-hybridized carbons (Fsp3) is 0.529. The lowest BCUT2D eigenvalue weighted by Gasteiger charge is -2.28. The van der Waals surface area contributed by atoms with E-state index >= 15 is 0 Å². The van der Waals surface area contributed by atoms with Gasteiger partial charge in [-0.3, -0.25) is 0 Å². The number of nitrogens with zero attached hydrogens (tertiary/aromatic N) is 2. The minimum absolute atomic E-state index is 1.02. The minimum Gasteiger partial charge on any atom is -0.302 e. The molecule has 1 fully saturated rings. The van der Waals surface area contributed by atoms with Crippen LogP contribution in [-0.2, 0) is 6.54 Å². The van der Waals surface area contributed by atoms with Crippen molar-refractivity contribution in [3.63, 3.8) is 0 Å². The quantitative estimate of drug-likeness (QED) is 0.773. The van der Waals surface area contributed by atoms with Gasteiger partial charge >= 0.3 is 0 Å². The van der Waals surface area contributed by atoms with Crippen LogP contribution in [0.25, 0.3) is 6.08 Å². The molecule has 1 aromatic rings. The van der Waals surface area contributed by atoms with Gasteiger partial charge in [-0.15, -0.1) is 0 Å². The fourth-order valence-electron chi connectivity index (χ4n) is 2.70. The van der Waals surface area contributed by atoms with Crippen LogP contribution in [0.15, 0.2) is 30.8 Å². The van der Waals surface area contributed by atoms with Crippen molar-refractivity contribution in [1.82, 2.24) is 9.80 Å². The Morgan fingerprint density at radius 2 is 2.05 bits per heavy atom. The number of rotatable bonds is 6. The van der Waals surface area contributed by atoms with Crippen LogP contribution in [0.1, 0.15) is 30.4 Å². The average molecular weight is 258 g/mol. The highest BCUT2D eigenvalue weighted by Crippen LogP contribution is 2.10. The summed E-state index contributed by atoms with van der Waals surface area (Å²) >= 11 is 0. The monoisotopic (exact) mass is 258 g/mol. The van der Waals surface area contributed by atoms with Crippen molar-refractivity contribution in [3.05, 3.63) is 42.0 Å². The van der Waals surface area contributed by atoms with Crippen LogP contribution in [0.3, 0.4) is 0 Å². The molecule has 0 atom stereocenters. The zero-order valence-corrected chi connectivity index (χ0v) is 12.1.